The van der Waals surface area contributed by atoms with Crippen molar-refractivity contribution in [2.24, 2.45) is 0 Å². The van der Waals surface area contributed by atoms with E-state index in [0.717, 1.165) is 32.5 Å². The summed E-state index contributed by atoms with van der Waals surface area (Å²) < 4.78 is 4.98. The molecule has 1 spiro atoms. The summed E-state index contributed by atoms with van der Waals surface area (Å²) in [6, 6.07) is 0.0574. The van der Waals surface area contributed by atoms with Gasteiger partial charge in [0.05, 0.1) is 12.1 Å². The van der Waals surface area contributed by atoms with Crippen molar-refractivity contribution < 1.29 is 9.53 Å². The van der Waals surface area contributed by atoms with E-state index in [1.165, 1.54) is 0 Å². The maximum Gasteiger partial charge on any atom is 0.317 e. The minimum atomic E-state index is 0.0284. The molecule has 0 aliphatic carbocycles. The van der Waals surface area contributed by atoms with Gasteiger partial charge in [-0.2, -0.15) is 0 Å². The third kappa shape index (κ3) is 2.23. The minimum absolute atomic E-state index is 0.0284. The Balaban J connectivity index is 1.88. The number of hydrogen-bond donors (Lipinski definition) is 2. The van der Waals surface area contributed by atoms with E-state index in [4.69, 9.17) is 4.74 Å². The first-order chi connectivity index (χ1) is 7.26. The largest absolute Gasteiger partial charge is 0.383 e. The number of methoxy groups -OCH3 is 1. The lowest BCUT2D eigenvalue weighted by Crippen LogP contribution is -2.61. The summed E-state index contributed by atoms with van der Waals surface area (Å²) in [4.78, 5) is 13.6. The van der Waals surface area contributed by atoms with Crippen LogP contribution in [0.5, 0.6) is 0 Å². The van der Waals surface area contributed by atoms with Crippen molar-refractivity contribution in [2.45, 2.75) is 18.4 Å². The van der Waals surface area contributed by atoms with Gasteiger partial charge in [-0.15, -0.1) is 0 Å². The van der Waals surface area contributed by atoms with Gasteiger partial charge in [-0.25, -0.2) is 4.79 Å². The van der Waals surface area contributed by atoms with Crippen LogP contribution >= 0.6 is 0 Å². The van der Waals surface area contributed by atoms with Gasteiger partial charge in [-0.05, 0) is 19.4 Å². The molecule has 0 saturated carbocycles. The van der Waals surface area contributed by atoms with E-state index in [0.29, 0.717) is 13.2 Å². The Bertz CT molecular complexity index is 239. The molecule has 2 amide bonds. The quantitative estimate of drug-likeness (QED) is 0.681. The number of ether oxygens (including phenoxy) is 1. The zero-order chi connectivity index (χ0) is 10.7. The molecule has 0 aromatic heterocycles. The number of amides is 2. The maximum atomic E-state index is 11.8. The number of carbonyl (C=O) groups excluding carboxylic acids is 1. The monoisotopic (exact) mass is 213 g/mol. The third-order valence-corrected chi connectivity index (χ3v) is 3.33. The van der Waals surface area contributed by atoms with Crippen molar-refractivity contribution in [1.82, 2.24) is 15.5 Å². The molecule has 0 bridgehead atoms. The second-order valence-electron chi connectivity index (χ2n) is 4.37. The van der Waals surface area contributed by atoms with Gasteiger partial charge in [0.1, 0.15) is 0 Å². The number of nitrogens with one attached hydrogen (secondary N) is 2. The van der Waals surface area contributed by atoms with Crippen LogP contribution in [0, 0.1) is 0 Å². The highest BCUT2D eigenvalue weighted by atomic mass is 16.5. The Morgan fingerprint density at radius 1 is 1.53 bits per heavy atom. The van der Waals surface area contributed by atoms with E-state index in [2.05, 4.69) is 10.6 Å². The van der Waals surface area contributed by atoms with Gasteiger partial charge in [0, 0.05) is 26.7 Å². The molecule has 2 rings (SSSR count). The maximum absolute atomic E-state index is 11.8. The molecule has 2 aliphatic rings. The zero-order valence-electron chi connectivity index (χ0n) is 9.21. The molecule has 1 unspecified atom stereocenters. The lowest BCUT2D eigenvalue weighted by atomic mass is 9.92. The summed E-state index contributed by atoms with van der Waals surface area (Å²) in [5.74, 6) is 0. The molecule has 86 valence electrons. The van der Waals surface area contributed by atoms with Gasteiger partial charge >= 0.3 is 6.03 Å². The van der Waals surface area contributed by atoms with Gasteiger partial charge in [0.25, 0.3) is 0 Å². The SMILES string of the molecule is COCCN1CCC2(CCNC2)NC1=O. The fourth-order valence-corrected chi connectivity index (χ4v) is 2.30. The molecule has 2 heterocycles. The van der Waals surface area contributed by atoms with Crippen molar-refractivity contribution in [2.75, 3.05) is 39.9 Å². The minimum Gasteiger partial charge on any atom is -0.383 e. The van der Waals surface area contributed by atoms with Crippen LogP contribution in [0.1, 0.15) is 12.8 Å². The molecular formula is C10H19N3O2. The van der Waals surface area contributed by atoms with Gasteiger partial charge < -0.3 is 20.3 Å². The first-order valence-corrected chi connectivity index (χ1v) is 5.52. The number of urea groups is 1. The second kappa shape index (κ2) is 4.37. The van der Waals surface area contributed by atoms with Gasteiger partial charge in [-0.3, -0.25) is 0 Å². The highest BCUT2D eigenvalue weighted by molar-refractivity contribution is 5.76. The lowest BCUT2D eigenvalue weighted by molar-refractivity contribution is 0.120. The molecule has 1 atom stereocenters. The van der Waals surface area contributed by atoms with Crippen LogP contribution in [-0.2, 0) is 4.74 Å². The van der Waals surface area contributed by atoms with Crippen molar-refractivity contribution >= 4 is 6.03 Å². The highest BCUT2D eigenvalue weighted by Crippen LogP contribution is 2.23. The van der Waals surface area contributed by atoms with Gasteiger partial charge in [-0.1, -0.05) is 0 Å². The Labute approximate surface area is 90.1 Å². The van der Waals surface area contributed by atoms with Crippen molar-refractivity contribution in [3.63, 3.8) is 0 Å². The molecule has 2 aliphatic heterocycles. The Kier molecular flexibility index (Phi) is 3.11. The molecule has 0 aromatic rings. The van der Waals surface area contributed by atoms with E-state index in [1.54, 1.807) is 7.11 Å². The summed E-state index contributed by atoms with van der Waals surface area (Å²) in [6.45, 7) is 4.07. The van der Waals surface area contributed by atoms with Crippen molar-refractivity contribution in [3.8, 4) is 0 Å². The molecule has 2 fully saturated rings. The molecule has 0 aromatic carbocycles. The fraction of sp³-hybridized carbons (Fsp3) is 0.900. The molecule has 2 N–H and O–H groups in total. The van der Waals surface area contributed by atoms with E-state index < -0.39 is 0 Å². The molecule has 5 heteroatoms. The fourth-order valence-electron chi connectivity index (χ4n) is 2.30. The van der Waals surface area contributed by atoms with Crippen LogP contribution in [0.2, 0.25) is 0 Å². The number of rotatable bonds is 3. The highest BCUT2D eigenvalue weighted by Gasteiger charge is 2.39. The molecule has 0 radical (unpaired) electrons. The predicted molar refractivity (Wildman–Crippen MR) is 56.8 cm³/mol. The van der Waals surface area contributed by atoms with Crippen LogP contribution in [0.4, 0.5) is 4.79 Å². The zero-order valence-corrected chi connectivity index (χ0v) is 9.21. The van der Waals surface area contributed by atoms with E-state index in [-0.39, 0.29) is 11.6 Å². The Hall–Kier alpha value is -0.810. The number of carbonyl (C=O) groups is 1. The standard InChI is InChI=1S/C10H19N3O2/c1-15-7-6-13-5-3-10(12-9(13)14)2-4-11-8-10/h11H,2-8H2,1H3,(H,12,14). The Morgan fingerprint density at radius 2 is 2.40 bits per heavy atom. The number of hydrogen-bond acceptors (Lipinski definition) is 3. The normalized spacial score (nSPS) is 31.0. The van der Waals surface area contributed by atoms with E-state index in [9.17, 15) is 4.79 Å². The van der Waals surface area contributed by atoms with Crippen LogP contribution in [0.3, 0.4) is 0 Å². The number of nitrogens with zero attached hydrogens (tertiary/aromatic N) is 1. The molecule has 15 heavy (non-hydrogen) atoms. The average Bonchev–Trinajstić information content (AvgIpc) is 2.66. The summed E-state index contributed by atoms with van der Waals surface area (Å²) in [5, 5.41) is 6.42. The summed E-state index contributed by atoms with van der Waals surface area (Å²) in [7, 11) is 1.66. The van der Waals surface area contributed by atoms with E-state index in [1.807, 2.05) is 4.90 Å². The van der Waals surface area contributed by atoms with Gasteiger partial charge in [0.2, 0.25) is 0 Å². The first kappa shape index (κ1) is 10.7. The molecule has 5 nitrogen and oxygen atoms in total. The van der Waals surface area contributed by atoms with Crippen molar-refractivity contribution in [1.29, 1.82) is 0 Å². The lowest BCUT2D eigenvalue weighted by Gasteiger charge is -2.39. The van der Waals surface area contributed by atoms with Crippen LogP contribution in [0.15, 0.2) is 0 Å². The van der Waals surface area contributed by atoms with Crippen LogP contribution < -0.4 is 10.6 Å². The summed E-state index contributed by atoms with van der Waals surface area (Å²) in [5.41, 5.74) is 0.0284. The third-order valence-electron chi connectivity index (χ3n) is 3.33. The molecule has 2 saturated heterocycles. The second-order valence-corrected chi connectivity index (χ2v) is 4.37. The van der Waals surface area contributed by atoms with Gasteiger partial charge in [0.15, 0.2) is 0 Å². The molecular weight excluding hydrogens is 194 g/mol. The predicted octanol–water partition coefficient (Wildman–Crippen LogP) is -0.220. The smallest absolute Gasteiger partial charge is 0.317 e. The first-order valence-electron chi connectivity index (χ1n) is 5.52. The average molecular weight is 213 g/mol. The van der Waals surface area contributed by atoms with Crippen LogP contribution in [0.25, 0.3) is 0 Å². The van der Waals surface area contributed by atoms with Crippen LogP contribution in [-0.4, -0.2) is 56.4 Å². The Morgan fingerprint density at radius 3 is 3.00 bits per heavy atom. The van der Waals surface area contributed by atoms with Crippen molar-refractivity contribution in [3.05, 3.63) is 0 Å². The topological polar surface area (TPSA) is 53.6 Å². The summed E-state index contributed by atoms with van der Waals surface area (Å²) in [6.07, 6.45) is 2.09. The van der Waals surface area contributed by atoms with E-state index >= 15 is 0 Å². The summed E-state index contributed by atoms with van der Waals surface area (Å²) >= 11 is 0.